The summed E-state index contributed by atoms with van der Waals surface area (Å²) in [6.07, 6.45) is 0. The van der Waals surface area contributed by atoms with Crippen LogP contribution in [-0.2, 0) is 0 Å². The molecule has 108 valence electrons. The summed E-state index contributed by atoms with van der Waals surface area (Å²) in [6, 6.07) is 6.86. The van der Waals surface area contributed by atoms with Crippen molar-refractivity contribution in [3.05, 3.63) is 63.7 Å². The van der Waals surface area contributed by atoms with Gasteiger partial charge in [0.1, 0.15) is 11.6 Å². The minimum atomic E-state index is -1.56. The minimum Gasteiger partial charge on any atom is -0.478 e. The molecule has 0 unspecified atom stereocenters. The fourth-order valence-corrected chi connectivity index (χ4v) is 2.54. The highest BCUT2D eigenvalue weighted by atomic mass is 32.2. The molecule has 0 fully saturated rings. The molecule has 21 heavy (non-hydrogen) atoms. The van der Waals surface area contributed by atoms with Crippen molar-refractivity contribution < 1.29 is 23.6 Å². The van der Waals surface area contributed by atoms with Gasteiger partial charge in [-0.15, -0.1) is 0 Å². The number of nitro benzene ring substituents is 1. The van der Waals surface area contributed by atoms with Gasteiger partial charge in [0.25, 0.3) is 5.69 Å². The molecule has 0 spiro atoms. The molecule has 8 heteroatoms. The molecule has 2 aromatic carbocycles. The number of nitrogens with zero attached hydrogens (tertiary/aromatic N) is 1. The Balaban J connectivity index is 2.55. The molecule has 2 rings (SSSR count). The van der Waals surface area contributed by atoms with E-state index in [4.69, 9.17) is 5.11 Å². The van der Waals surface area contributed by atoms with Crippen LogP contribution in [0.3, 0.4) is 0 Å². The first kappa shape index (κ1) is 14.9. The van der Waals surface area contributed by atoms with E-state index in [0.717, 1.165) is 12.1 Å². The second-order valence-electron chi connectivity index (χ2n) is 3.89. The van der Waals surface area contributed by atoms with E-state index in [-0.39, 0.29) is 9.79 Å². The number of nitro groups is 1. The Hall–Kier alpha value is -2.48. The predicted octanol–water partition coefficient (Wildman–Crippen LogP) is 3.72. The van der Waals surface area contributed by atoms with E-state index in [2.05, 4.69) is 0 Å². The fraction of sp³-hybridized carbons (Fsp3) is 0. The van der Waals surface area contributed by atoms with Crippen molar-refractivity contribution in [2.45, 2.75) is 9.79 Å². The van der Waals surface area contributed by atoms with Crippen molar-refractivity contribution in [3.8, 4) is 0 Å². The van der Waals surface area contributed by atoms with Crippen LogP contribution in [0, 0.1) is 21.7 Å². The second kappa shape index (κ2) is 5.88. The molecule has 0 atom stereocenters. The van der Waals surface area contributed by atoms with Gasteiger partial charge in [0.05, 0.1) is 21.4 Å². The molecule has 1 N–H and O–H groups in total. The SMILES string of the molecule is O=C(O)c1cc(Sc2ccccc2F)c([N+](=O)[O-])cc1F. The highest BCUT2D eigenvalue weighted by Gasteiger charge is 2.23. The van der Waals surface area contributed by atoms with Gasteiger partial charge < -0.3 is 5.11 Å². The quantitative estimate of drug-likeness (QED) is 0.687. The van der Waals surface area contributed by atoms with E-state index in [1.54, 1.807) is 0 Å². The van der Waals surface area contributed by atoms with Gasteiger partial charge in [-0.2, -0.15) is 0 Å². The number of benzene rings is 2. The highest BCUT2D eigenvalue weighted by Crippen LogP contribution is 2.37. The number of carboxylic acids is 1. The Kier molecular flexibility index (Phi) is 4.18. The van der Waals surface area contributed by atoms with E-state index in [0.29, 0.717) is 17.8 Å². The average Bonchev–Trinajstić information content (AvgIpc) is 2.42. The van der Waals surface area contributed by atoms with Crippen LogP contribution in [0.2, 0.25) is 0 Å². The Morgan fingerprint density at radius 2 is 1.81 bits per heavy atom. The minimum absolute atomic E-state index is 0.0727. The smallest absolute Gasteiger partial charge is 0.338 e. The van der Waals surface area contributed by atoms with Gasteiger partial charge in [-0.05, 0) is 18.2 Å². The summed E-state index contributed by atoms with van der Waals surface area (Å²) >= 11 is 0.663. The maximum atomic E-state index is 13.6. The van der Waals surface area contributed by atoms with Gasteiger partial charge in [0, 0.05) is 4.90 Å². The van der Waals surface area contributed by atoms with Crippen molar-refractivity contribution in [1.29, 1.82) is 0 Å². The van der Waals surface area contributed by atoms with E-state index in [1.165, 1.54) is 18.2 Å². The molecule has 0 aliphatic carbocycles. The van der Waals surface area contributed by atoms with Crippen molar-refractivity contribution in [2.75, 3.05) is 0 Å². The van der Waals surface area contributed by atoms with Crippen molar-refractivity contribution >= 4 is 23.4 Å². The lowest BCUT2D eigenvalue weighted by Gasteiger charge is -2.06. The summed E-state index contributed by atoms with van der Waals surface area (Å²) in [6.45, 7) is 0. The van der Waals surface area contributed by atoms with Crippen LogP contribution in [0.1, 0.15) is 10.4 Å². The molecule has 0 aliphatic rings. The molecule has 0 heterocycles. The van der Waals surface area contributed by atoms with E-state index in [1.807, 2.05) is 0 Å². The first-order valence-electron chi connectivity index (χ1n) is 5.53. The van der Waals surface area contributed by atoms with E-state index in [9.17, 15) is 23.7 Å². The number of hydrogen-bond acceptors (Lipinski definition) is 4. The number of hydrogen-bond donors (Lipinski definition) is 1. The molecule has 0 bridgehead atoms. The maximum Gasteiger partial charge on any atom is 0.338 e. The molecule has 0 radical (unpaired) electrons. The topological polar surface area (TPSA) is 80.4 Å². The Morgan fingerprint density at radius 1 is 1.14 bits per heavy atom. The second-order valence-corrected chi connectivity index (χ2v) is 4.98. The lowest BCUT2D eigenvalue weighted by atomic mass is 10.2. The van der Waals surface area contributed by atoms with Gasteiger partial charge in [0.15, 0.2) is 0 Å². The van der Waals surface area contributed by atoms with Gasteiger partial charge >= 0.3 is 5.97 Å². The molecule has 0 aliphatic heterocycles. The van der Waals surface area contributed by atoms with Gasteiger partial charge in [-0.3, -0.25) is 10.1 Å². The summed E-state index contributed by atoms with van der Waals surface area (Å²) in [5, 5.41) is 19.8. The van der Waals surface area contributed by atoms with Gasteiger partial charge in [0.2, 0.25) is 0 Å². The summed E-state index contributed by atoms with van der Waals surface area (Å²) < 4.78 is 27.1. The van der Waals surface area contributed by atoms with E-state index >= 15 is 0 Å². The number of carboxylic acid groups (broad SMARTS) is 1. The monoisotopic (exact) mass is 311 g/mol. The third-order valence-electron chi connectivity index (χ3n) is 2.53. The van der Waals surface area contributed by atoms with Crippen LogP contribution >= 0.6 is 11.8 Å². The van der Waals surface area contributed by atoms with Crippen LogP contribution in [0.25, 0.3) is 0 Å². The van der Waals surface area contributed by atoms with Crippen LogP contribution < -0.4 is 0 Å². The fourth-order valence-electron chi connectivity index (χ4n) is 1.58. The van der Waals surface area contributed by atoms with Crippen LogP contribution in [0.5, 0.6) is 0 Å². The third kappa shape index (κ3) is 3.16. The Morgan fingerprint density at radius 3 is 2.38 bits per heavy atom. The Bertz CT molecular complexity index is 736. The predicted molar refractivity (Wildman–Crippen MR) is 70.5 cm³/mol. The zero-order valence-corrected chi connectivity index (χ0v) is 11.1. The summed E-state index contributed by atoms with van der Waals surface area (Å²) in [7, 11) is 0. The van der Waals surface area contributed by atoms with Gasteiger partial charge in [-0.25, -0.2) is 13.6 Å². The maximum absolute atomic E-state index is 13.6. The van der Waals surface area contributed by atoms with Crippen LogP contribution in [-0.4, -0.2) is 16.0 Å². The lowest BCUT2D eigenvalue weighted by molar-refractivity contribution is -0.387. The molecule has 5 nitrogen and oxygen atoms in total. The zero-order chi connectivity index (χ0) is 15.6. The molecule has 0 amide bonds. The zero-order valence-electron chi connectivity index (χ0n) is 10.2. The summed E-state index contributed by atoms with van der Waals surface area (Å²) in [5.41, 5.74) is -1.33. The molecular formula is C13H7F2NO4S. The van der Waals surface area contributed by atoms with E-state index < -0.39 is 33.8 Å². The van der Waals surface area contributed by atoms with Crippen molar-refractivity contribution in [2.24, 2.45) is 0 Å². The number of halogens is 2. The van der Waals surface area contributed by atoms with Gasteiger partial charge in [-0.1, -0.05) is 23.9 Å². The first-order valence-corrected chi connectivity index (χ1v) is 6.35. The largest absolute Gasteiger partial charge is 0.478 e. The third-order valence-corrected chi connectivity index (χ3v) is 3.63. The number of rotatable bonds is 4. The molecule has 2 aromatic rings. The van der Waals surface area contributed by atoms with Crippen LogP contribution in [0.15, 0.2) is 46.2 Å². The molecule has 0 saturated carbocycles. The number of aromatic carboxylic acids is 1. The molecule has 0 saturated heterocycles. The standard InChI is InChI=1S/C13H7F2NO4S/c14-8-3-1-2-4-11(8)21-12-5-7(13(17)18)9(15)6-10(12)16(19)20/h1-6H,(H,17,18). The van der Waals surface area contributed by atoms with Crippen molar-refractivity contribution in [1.82, 2.24) is 0 Å². The normalized spacial score (nSPS) is 10.4. The first-order chi connectivity index (χ1) is 9.90. The lowest BCUT2D eigenvalue weighted by Crippen LogP contribution is -2.03. The molecular weight excluding hydrogens is 304 g/mol. The summed E-state index contributed by atoms with van der Waals surface area (Å²) in [5.74, 6) is -3.39. The highest BCUT2D eigenvalue weighted by molar-refractivity contribution is 7.99. The van der Waals surface area contributed by atoms with Crippen LogP contribution in [0.4, 0.5) is 14.5 Å². The Labute approximate surface area is 121 Å². The van der Waals surface area contributed by atoms with Crippen molar-refractivity contribution in [3.63, 3.8) is 0 Å². The number of carbonyl (C=O) groups is 1. The average molecular weight is 311 g/mol. The molecule has 0 aromatic heterocycles. The summed E-state index contributed by atoms with van der Waals surface area (Å²) in [4.78, 5) is 20.9.